The molecule has 0 aliphatic carbocycles. The Morgan fingerprint density at radius 1 is 0.900 bits per heavy atom. The van der Waals surface area contributed by atoms with Gasteiger partial charge in [-0.25, -0.2) is 4.79 Å². The Hall–Kier alpha value is -2.34. The summed E-state index contributed by atoms with van der Waals surface area (Å²) < 4.78 is 0. The number of thiol groups is 1. The highest BCUT2D eigenvalue weighted by Crippen LogP contribution is 2.07. The van der Waals surface area contributed by atoms with Gasteiger partial charge in [-0.1, -0.05) is 27.7 Å². The maximum Gasteiger partial charge on any atom is 0.327 e. The minimum absolute atomic E-state index is 0.176. The summed E-state index contributed by atoms with van der Waals surface area (Å²) in [5.74, 6) is -4.74. The number of rotatable bonds is 13. The molecule has 0 spiro atoms. The molecule has 8 N–H and O–H groups in total. The summed E-state index contributed by atoms with van der Waals surface area (Å²) in [6.07, 6.45) is -0.132. The van der Waals surface area contributed by atoms with E-state index < -0.39 is 60.2 Å². The van der Waals surface area contributed by atoms with E-state index in [1.807, 2.05) is 13.8 Å². The third-order valence-electron chi connectivity index (χ3n) is 4.14. The summed E-state index contributed by atoms with van der Waals surface area (Å²) in [6, 6.07) is -4.57. The van der Waals surface area contributed by atoms with Gasteiger partial charge in [0, 0.05) is 5.75 Å². The highest BCUT2D eigenvalue weighted by Gasteiger charge is 2.32. The number of carbonyl (C=O) groups excluding carboxylic acids is 4. The largest absolute Gasteiger partial charge is 0.480 e. The first kappa shape index (κ1) is 27.7. The van der Waals surface area contributed by atoms with Crippen LogP contribution < -0.4 is 27.4 Å². The molecular formula is C18H33N5O6S. The van der Waals surface area contributed by atoms with Crippen molar-refractivity contribution in [3.05, 3.63) is 0 Å². The second-order valence-corrected chi connectivity index (χ2v) is 8.15. The fourth-order valence-electron chi connectivity index (χ4n) is 2.54. The van der Waals surface area contributed by atoms with Crippen molar-refractivity contribution in [1.29, 1.82) is 0 Å². The lowest BCUT2D eigenvalue weighted by Crippen LogP contribution is -2.59. The van der Waals surface area contributed by atoms with Crippen LogP contribution in [0.3, 0.4) is 0 Å². The van der Waals surface area contributed by atoms with E-state index in [-0.39, 0.29) is 17.6 Å². The molecule has 0 radical (unpaired) electrons. The molecular weight excluding hydrogens is 414 g/mol. The number of carboxylic acid groups (broad SMARTS) is 1. The van der Waals surface area contributed by atoms with Crippen LogP contribution in [0.4, 0.5) is 0 Å². The van der Waals surface area contributed by atoms with Crippen molar-refractivity contribution in [3.8, 4) is 0 Å². The zero-order chi connectivity index (χ0) is 23.6. The molecule has 4 amide bonds. The molecule has 11 nitrogen and oxygen atoms in total. The van der Waals surface area contributed by atoms with Gasteiger partial charge >= 0.3 is 5.97 Å². The van der Waals surface area contributed by atoms with Crippen molar-refractivity contribution in [1.82, 2.24) is 16.0 Å². The van der Waals surface area contributed by atoms with Gasteiger partial charge in [-0.05, 0) is 18.3 Å². The van der Waals surface area contributed by atoms with E-state index in [0.29, 0.717) is 6.42 Å². The number of nitrogens with one attached hydrogen (secondary N) is 3. The molecule has 0 aliphatic heterocycles. The number of hydrogen-bond acceptors (Lipinski definition) is 7. The fourth-order valence-corrected chi connectivity index (χ4v) is 2.79. The molecule has 0 rings (SSSR count). The second kappa shape index (κ2) is 13.1. The van der Waals surface area contributed by atoms with E-state index >= 15 is 0 Å². The molecule has 0 aliphatic rings. The van der Waals surface area contributed by atoms with E-state index in [0.717, 1.165) is 0 Å². The minimum Gasteiger partial charge on any atom is -0.480 e. The topological polar surface area (TPSA) is 194 Å². The van der Waals surface area contributed by atoms with Crippen molar-refractivity contribution in [3.63, 3.8) is 0 Å². The van der Waals surface area contributed by atoms with Crippen LogP contribution in [-0.4, -0.2) is 64.6 Å². The van der Waals surface area contributed by atoms with E-state index in [1.165, 1.54) is 0 Å². The van der Waals surface area contributed by atoms with E-state index in [1.54, 1.807) is 13.8 Å². The Labute approximate surface area is 181 Å². The minimum atomic E-state index is -1.42. The van der Waals surface area contributed by atoms with Crippen LogP contribution in [0.5, 0.6) is 0 Å². The smallest absolute Gasteiger partial charge is 0.327 e. The second-order valence-electron chi connectivity index (χ2n) is 7.78. The predicted molar refractivity (Wildman–Crippen MR) is 113 cm³/mol. The van der Waals surface area contributed by atoms with Crippen LogP contribution in [-0.2, 0) is 24.0 Å². The fraction of sp³-hybridized carbons (Fsp3) is 0.722. The van der Waals surface area contributed by atoms with E-state index in [4.69, 9.17) is 16.6 Å². The standard InChI is InChI=1S/C18H33N5O6S/c1-8(2)5-10(19)15(25)23-14(9(3)4)17(27)21-11(6-13(20)24)16(26)22-12(7-30)18(28)29/h8-12,14,30H,5-7,19H2,1-4H3,(H2,20,24)(H,21,27)(H,22,26)(H,23,25)(H,28,29). The summed E-state index contributed by atoms with van der Waals surface area (Å²) in [4.78, 5) is 59.8. The monoisotopic (exact) mass is 447 g/mol. The lowest BCUT2D eigenvalue weighted by Gasteiger charge is -2.26. The number of hydrogen-bond donors (Lipinski definition) is 7. The highest BCUT2D eigenvalue weighted by atomic mass is 32.1. The Morgan fingerprint density at radius 3 is 1.83 bits per heavy atom. The van der Waals surface area contributed by atoms with Gasteiger partial charge in [-0.2, -0.15) is 12.6 Å². The molecule has 0 bridgehead atoms. The summed E-state index contributed by atoms with van der Waals surface area (Å²) in [7, 11) is 0. The average molecular weight is 448 g/mol. The molecule has 0 heterocycles. The molecule has 0 fully saturated rings. The van der Waals surface area contributed by atoms with E-state index in [2.05, 4.69) is 28.6 Å². The Kier molecular flexibility index (Phi) is 12.0. The van der Waals surface area contributed by atoms with Gasteiger partial charge in [-0.3, -0.25) is 19.2 Å². The van der Waals surface area contributed by atoms with Gasteiger partial charge in [0.15, 0.2) is 0 Å². The number of nitrogens with two attached hydrogens (primary N) is 2. The number of aliphatic carboxylic acids is 1. The zero-order valence-corrected chi connectivity index (χ0v) is 18.6. The van der Waals surface area contributed by atoms with Gasteiger partial charge in [0.05, 0.1) is 12.5 Å². The third kappa shape index (κ3) is 9.92. The van der Waals surface area contributed by atoms with Crippen LogP contribution in [0.15, 0.2) is 0 Å². The van der Waals surface area contributed by atoms with Crippen LogP contribution in [0, 0.1) is 11.8 Å². The first-order chi connectivity index (χ1) is 13.8. The zero-order valence-electron chi connectivity index (χ0n) is 17.7. The summed E-state index contributed by atoms with van der Waals surface area (Å²) in [5.41, 5.74) is 11.0. The van der Waals surface area contributed by atoms with Crippen LogP contribution >= 0.6 is 12.6 Å². The first-order valence-corrected chi connectivity index (χ1v) is 10.2. The van der Waals surface area contributed by atoms with Crippen molar-refractivity contribution in [2.24, 2.45) is 23.3 Å². The summed E-state index contributed by atoms with van der Waals surface area (Å²) >= 11 is 3.84. The van der Waals surface area contributed by atoms with Crippen LogP contribution in [0.25, 0.3) is 0 Å². The van der Waals surface area contributed by atoms with Crippen molar-refractivity contribution < 1.29 is 29.1 Å². The molecule has 0 aromatic carbocycles. The molecule has 0 aromatic rings. The molecule has 30 heavy (non-hydrogen) atoms. The van der Waals surface area contributed by atoms with E-state index in [9.17, 15) is 24.0 Å². The number of amides is 4. The molecule has 12 heteroatoms. The molecule has 0 saturated carbocycles. The number of carbonyl (C=O) groups is 5. The highest BCUT2D eigenvalue weighted by molar-refractivity contribution is 7.80. The van der Waals surface area contributed by atoms with Crippen LogP contribution in [0.2, 0.25) is 0 Å². The SMILES string of the molecule is CC(C)CC(N)C(=O)NC(C(=O)NC(CC(N)=O)C(=O)NC(CS)C(=O)O)C(C)C. The van der Waals surface area contributed by atoms with Gasteiger partial charge < -0.3 is 32.5 Å². The van der Waals surface area contributed by atoms with Crippen molar-refractivity contribution in [2.45, 2.75) is 64.7 Å². The van der Waals surface area contributed by atoms with Gasteiger partial charge in [-0.15, -0.1) is 0 Å². The van der Waals surface area contributed by atoms with Gasteiger partial charge in [0.2, 0.25) is 23.6 Å². The molecule has 4 unspecified atom stereocenters. The number of primary amides is 1. The molecule has 172 valence electrons. The van der Waals surface area contributed by atoms with Crippen molar-refractivity contribution >= 4 is 42.2 Å². The normalized spacial score (nSPS) is 15.1. The maximum absolute atomic E-state index is 12.7. The number of carboxylic acids is 1. The lowest BCUT2D eigenvalue weighted by molar-refractivity contribution is -0.141. The maximum atomic E-state index is 12.7. The first-order valence-electron chi connectivity index (χ1n) is 9.58. The Morgan fingerprint density at radius 2 is 1.43 bits per heavy atom. The van der Waals surface area contributed by atoms with Crippen molar-refractivity contribution in [2.75, 3.05) is 5.75 Å². The summed E-state index contributed by atoms with van der Waals surface area (Å²) in [6.45, 7) is 7.18. The molecule has 4 atom stereocenters. The Balaban J connectivity index is 5.35. The Bertz CT molecular complexity index is 643. The third-order valence-corrected chi connectivity index (χ3v) is 4.51. The quantitative estimate of drug-likeness (QED) is 0.164. The molecule has 0 saturated heterocycles. The average Bonchev–Trinajstić information content (AvgIpc) is 2.61. The lowest BCUT2D eigenvalue weighted by atomic mass is 10.00. The van der Waals surface area contributed by atoms with Crippen LogP contribution in [0.1, 0.15) is 40.5 Å². The molecule has 0 aromatic heterocycles. The van der Waals surface area contributed by atoms with Gasteiger partial charge in [0.25, 0.3) is 0 Å². The summed E-state index contributed by atoms with van der Waals surface area (Å²) in [5, 5.41) is 16.1. The predicted octanol–water partition coefficient (Wildman–Crippen LogP) is -1.64. The van der Waals surface area contributed by atoms with Gasteiger partial charge in [0.1, 0.15) is 18.1 Å².